The first kappa shape index (κ1) is 14.3. The second-order valence-corrected chi connectivity index (χ2v) is 4.77. The molecule has 2 rings (SSSR count). The van der Waals surface area contributed by atoms with Gasteiger partial charge in [0.1, 0.15) is 12.4 Å². The Labute approximate surface area is 121 Å². The van der Waals surface area contributed by atoms with Crippen molar-refractivity contribution in [1.82, 2.24) is 0 Å². The Kier molecular flexibility index (Phi) is 4.25. The number of carbonyl (C=O) groups excluding carboxylic acids is 1. The van der Waals surface area contributed by atoms with Gasteiger partial charge in [-0.15, -0.1) is 0 Å². The third-order valence-corrected chi connectivity index (χ3v) is 3.19. The third-order valence-electron chi connectivity index (χ3n) is 2.90. The molecule has 2 N–H and O–H groups in total. The molecule has 0 aliphatic rings. The molecule has 0 radical (unpaired) electrons. The monoisotopic (exact) mass is 293 g/mol. The van der Waals surface area contributed by atoms with E-state index in [-0.39, 0.29) is 11.6 Å². The number of anilines is 1. The topological polar surface area (TPSA) is 52.3 Å². The van der Waals surface area contributed by atoms with Gasteiger partial charge in [0.25, 0.3) is 0 Å². The number of rotatable bonds is 3. The molecule has 0 heterocycles. The maximum atomic E-state index is 13.0. The Hall–Kier alpha value is -2.07. The Bertz CT molecular complexity index is 658. The van der Waals surface area contributed by atoms with Crippen LogP contribution in [-0.4, -0.2) is 5.97 Å². The van der Waals surface area contributed by atoms with Gasteiger partial charge in [0.2, 0.25) is 0 Å². The molecule has 0 aliphatic heterocycles. The number of halogens is 2. The predicted molar refractivity (Wildman–Crippen MR) is 76.1 cm³/mol. The minimum absolute atomic E-state index is 0.00591. The molecular formula is C15H13ClFNO2. The average Bonchev–Trinajstić information content (AvgIpc) is 2.43. The van der Waals surface area contributed by atoms with Crippen LogP contribution in [0.25, 0.3) is 0 Å². The van der Waals surface area contributed by atoms with Crippen LogP contribution in [0.4, 0.5) is 10.1 Å². The smallest absolute Gasteiger partial charge is 0.340 e. The van der Waals surface area contributed by atoms with Crippen LogP contribution >= 0.6 is 11.6 Å². The van der Waals surface area contributed by atoms with Crippen molar-refractivity contribution in [1.29, 1.82) is 0 Å². The summed E-state index contributed by atoms with van der Waals surface area (Å²) >= 11 is 5.66. The average molecular weight is 294 g/mol. The van der Waals surface area contributed by atoms with Gasteiger partial charge in [0.15, 0.2) is 0 Å². The molecule has 5 heteroatoms. The molecule has 0 aliphatic carbocycles. The Balaban J connectivity index is 2.08. The lowest BCUT2D eigenvalue weighted by molar-refractivity contribution is 0.0474. The Morgan fingerprint density at radius 2 is 2.10 bits per heavy atom. The van der Waals surface area contributed by atoms with E-state index in [1.54, 1.807) is 12.1 Å². The van der Waals surface area contributed by atoms with Gasteiger partial charge in [0.05, 0.1) is 10.6 Å². The van der Waals surface area contributed by atoms with Gasteiger partial charge in [-0.05, 0) is 36.2 Å². The van der Waals surface area contributed by atoms with E-state index in [0.717, 1.165) is 5.56 Å². The minimum Gasteiger partial charge on any atom is -0.457 e. The third kappa shape index (κ3) is 3.08. The number of esters is 1. The summed E-state index contributed by atoms with van der Waals surface area (Å²) in [6.07, 6.45) is 0. The van der Waals surface area contributed by atoms with E-state index in [9.17, 15) is 9.18 Å². The van der Waals surface area contributed by atoms with E-state index in [1.807, 2.05) is 13.0 Å². The van der Waals surface area contributed by atoms with Crippen LogP contribution in [0.5, 0.6) is 0 Å². The molecule has 0 atom stereocenters. The number of para-hydroxylation sites is 1. The van der Waals surface area contributed by atoms with Crippen molar-refractivity contribution in [2.75, 3.05) is 5.73 Å². The summed E-state index contributed by atoms with van der Waals surface area (Å²) in [5.41, 5.74) is 7.96. The van der Waals surface area contributed by atoms with Crippen LogP contribution in [0.15, 0.2) is 36.4 Å². The molecule has 0 aromatic heterocycles. The number of aryl methyl sites for hydroxylation is 1. The van der Waals surface area contributed by atoms with Gasteiger partial charge in [-0.25, -0.2) is 9.18 Å². The predicted octanol–water partition coefficient (Wildman–Crippen LogP) is 3.73. The van der Waals surface area contributed by atoms with Gasteiger partial charge >= 0.3 is 5.97 Å². The lowest BCUT2D eigenvalue weighted by Gasteiger charge is -2.09. The first-order valence-electron chi connectivity index (χ1n) is 5.95. The molecule has 0 spiro atoms. The largest absolute Gasteiger partial charge is 0.457 e. The molecule has 0 saturated heterocycles. The Morgan fingerprint density at radius 3 is 2.80 bits per heavy atom. The van der Waals surface area contributed by atoms with E-state index in [4.69, 9.17) is 22.1 Å². The summed E-state index contributed by atoms with van der Waals surface area (Å²) in [4.78, 5) is 11.9. The molecule has 104 valence electrons. The SMILES string of the molecule is Cc1cccc(C(=O)OCc2ccc(F)c(Cl)c2)c1N. The van der Waals surface area contributed by atoms with E-state index in [0.29, 0.717) is 16.8 Å². The minimum atomic E-state index is -0.522. The molecule has 3 nitrogen and oxygen atoms in total. The molecule has 2 aromatic rings. The number of hydrogen-bond donors (Lipinski definition) is 1. The summed E-state index contributed by atoms with van der Waals surface area (Å²) in [6, 6.07) is 9.30. The quantitative estimate of drug-likeness (QED) is 0.693. The van der Waals surface area contributed by atoms with Gasteiger partial charge in [-0.1, -0.05) is 29.8 Å². The summed E-state index contributed by atoms with van der Waals surface area (Å²) in [5.74, 6) is -1.03. The lowest BCUT2D eigenvalue weighted by atomic mass is 10.1. The summed E-state index contributed by atoms with van der Waals surface area (Å²) in [6.45, 7) is 1.82. The standard InChI is InChI=1S/C15H13ClFNO2/c1-9-3-2-4-11(14(9)18)15(19)20-8-10-5-6-13(17)12(16)7-10/h2-7H,8,18H2,1H3. The zero-order chi connectivity index (χ0) is 14.7. The van der Waals surface area contributed by atoms with Gasteiger partial charge in [-0.3, -0.25) is 0 Å². The van der Waals surface area contributed by atoms with E-state index >= 15 is 0 Å². The fourth-order valence-electron chi connectivity index (χ4n) is 1.71. The molecular weight excluding hydrogens is 281 g/mol. The van der Waals surface area contributed by atoms with Crippen molar-refractivity contribution in [2.24, 2.45) is 0 Å². The molecule has 0 fully saturated rings. The highest BCUT2D eigenvalue weighted by molar-refractivity contribution is 6.30. The van der Waals surface area contributed by atoms with Crippen molar-refractivity contribution in [3.8, 4) is 0 Å². The van der Waals surface area contributed by atoms with Crippen molar-refractivity contribution < 1.29 is 13.9 Å². The molecule has 2 aromatic carbocycles. The van der Waals surface area contributed by atoms with Crippen molar-refractivity contribution in [3.63, 3.8) is 0 Å². The molecule has 0 unspecified atom stereocenters. The molecule has 20 heavy (non-hydrogen) atoms. The highest BCUT2D eigenvalue weighted by Crippen LogP contribution is 2.19. The molecule has 0 bridgehead atoms. The highest BCUT2D eigenvalue weighted by atomic mass is 35.5. The van der Waals surface area contributed by atoms with Crippen LogP contribution in [0.1, 0.15) is 21.5 Å². The number of nitrogen functional groups attached to an aromatic ring is 1. The Morgan fingerprint density at radius 1 is 1.35 bits per heavy atom. The second kappa shape index (κ2) is 5.92. The number of ether oxygens (including phenoxy) is 1. The number of carbonyl (C=O) groups is 1. The molecule has 0 amide bonds. The highest BCUT2D eigenvalue weighted by Gasteiger charge is 2.12. The van der Waals surface area contributed by atoms with Crippen LogP contribution < -0.4 is 5.73 Å². The van der Waals surface area contributed by atoms with Crippen LogP contribution in [0.3, 0.4) is 0 Å². The van der Waals surface area contributed by atoms with Crippen molar-refractivity contribution in [2.45, 2.75) is 13.5 Å². The second-order valence-electron chi connectivity index (χ2n) is 4.36. The first-order valence-corrected chi connectivity index (χ1v) is 6.33. The van der Waals surface area contributed by atoms with E-state index < -0.39 is 11.8 Å². The van der Waals surface area contributed by atoms with Gasteiger partial charge in [-0.2, -0.15) is 0 Å². The summed E-state index contributed by atoms with van der Waals surface area (Å²) in [7, 11) is 0. The van der Waals surface area contributed by atoms with Gasteiger partial charge in [0, 0.05) is 5.69 Å². The zero-order valence-electron chi connectivity index (χ0n) is 10.8. The fourth-order valence-corrected chi connectivity index (χ4v) is 1.92. The van der Waals surface area contributed by atoms with Crippen molar-refractivity contribution in [3.05, 3.63) is 63.9 Å². The van der Waals surface area contributed by atoms with E-state index in [2.05, 4.69) is 0 Å². The van der Waals surface area contributed by atoms with Crippen LogP contribution in [0, 0.1) is 12.7 Å². The lowest BCUT2D eigenvalue weighted by Crippen LogP contribution is -2.09. The van der Waals surface area contributed by atoms with Gasteiger partial charge < -0.3 is 10.5 Å². The molecule has 0 saturated carbocycles. The first-order chi connectivity index (χ1) is 9.49. The van der Waals surface area contributed by atoms with Crippen molar-refractivity contribution >= 4 is 23.3 Å². The normalized spacial score (nSPS) is 10.3. The fraction of sp³-hybridized carbons (Fsp3) is 0.133. The summed E-state index contributed by atoms with van der Waals surface area (Å²) in [5, 5.41) is -0.00591. The number of hydrogen-bond acceptors (Lipinski definition) is 3. The maximum Gasteiger partial charge on any atom is 0.340 e. The number of nitrogens with two attached hydrogens (primary N) is 1. The number of benzene rings is 2. The van der Waals surface area contributed by atoms with Crippen LogP contribution in [-0.2, 0) is 11.3 Å². The van der Waals surface area contributed by atoms with E-state index in [1.165, 1.54) is 18.2 Å². The summed E-state index contributed by atoms with van der Waals surface area (Å²) < 4.78 is 18.1. The maximum absolute atomic E-state index is 13.0. The zero-order valence-corrected chi connectivity index (χ0v) is 11.6. The van der Waals surface area contributed by atoms with Crippen LogP contribution in [0.2, 0.25) is 5.02 Å².